The summed E-state index contributed by atoms with van der Waals surface area (Å²) in [6.07, 6.45) is 12.1. The minimum atomic E-state index is 0.0175. The third-order valence-corrected chi connectivity index (χ3v) is 15.1. The molecule has 2 unspecified atom stereocenters. The number of rotatable bonds is 5. The average Bonchev–Trinajstić information content (AvgIpc) is 3.49. The number of nitrogens with zero attached hydrogens (tertiary/aromatic N) is 3. The van der Waals surface area contributed by atoms with Crippen LogP contribution in [-0.4, -0.2) is 12.3 Å². The number of benzene rings is 7. The molecular weight excluding hydrogens is 713 g/mol. The van der Waals surface area contributed by atoms with Crippen molar-refractivity contribution in [1.82, 2.24) is 0 Å². The predicted octanol–water partition coefficient (Wildman–Crippen LogP) is 12.8. The second-order valence-electron chi connectivity index (χ2n) is 18.3. The van der Waals surface area contributed by atoms with Gasteiger partial charge in [-0.05, 0) is 139 Å². The Hall–Kier alpha value is -6.00. The fraction of sp³-hybridized carbons (Fsp3) is 0.236. The standard InChI is InChI=1S/C55H50BN3/c1-37-34-50-52-51(35-37)59-53-45(54(2)32-14-15-33-55(54,59)3)27-17-28-47(53)56(52)46-31-30-41(36-49(46)58(50)40-22-8-5-9-23-40)57(39-20-6-4-7-21-39)48-29-13-12-25-44(48)43-26-16-19-38-18-10-11-24-42(38)43/h5,8-13,16-20,22-31,34-36H,4,6-7,14-15,21,32-33H2,1-3H3. The summed E-state index contributed by atoms with van der Waals surface area (Å²) in [6, 6.07) is 55.6. The molecule has 0 saturated heterocycles. The highest BCUT2D eigenvalue weighted by Gasteiger charge is 2.61. The molecule has 3 heterocycles. The van der Waals surface area contributed by atoms with Gasteiger partial charge in [0, 0.05) is 50.8 Å². The monoisotopic (exact) mass is 763 g/mol. The molecule has 5 aliphatic rings. The second-order valence-corrected chi connectivity index (χ2v) is 18.3. The zero-order valence-corrected chi connectivity index (χ0v) is 34.5. The van der Waals surface area contributed by atoms with Crippen molar-refractivity contribution in [1.29, 1.82) is 0 Å². The maximum atomic E-state index is 2.84. The van der Waals surface area contributed by atoms with Crippen LogP contribution in [0.2, 0.25) is 0 Å². The van der Waals surface area contributed by atoms with Crippen LogP contribution in [0.3, 0.4) is 0 Å². The van der Waals surface area contributed by atoms with Crippen molar-refractivity contribution in [3.63, 3.8) is 0 Å². The minimum Gasteiger partial charge on any atom is -0.335 e. The van der Waals surface area contributed by atoms with E-state index in [4.69, 9.17) is 0 Å². The normalized spacial score (nSPS) is 21.1. The number of hydrogen-bond acceptors (Lipinski definition) is 3. The Morgan fingerprint density at radius 1 is 0.627 bits per heavy atom. The molecule has 0 amide bonds. The summed E-state index contributed by atoms with van der Waals surface area (Å²) >= 11 is 0. The quantitative estimate of drug-likeness (QED) is 0.162. The second kappa shape index (κ2) is 13.0. The number of fused-ring (bicyclic) bond motifs is 8. The Labute approximate surface area is 349 Å². The van der Waals surface area contributed by atoms with Crippen molar-refractivity contribution in [2.24, 2.45) is 0 Å². The number of para-hydroxylation sites is 3. The molecule has 0 radical (unpaired) electrons. The number of aryl methyl sites for hydroxylation is 1. The van der Waals surface area contributed by atoms with Crippen LogP contribution in [-0.2, 0) is 5.41 Å². The molecule has 12 rings (SSSR count). The van der Waals surface area contributed by atoms with Crippen LogP contribution in [0.5, 0.6) is 0 Å². The van der Waals surface area contributed by atoms with Crippen molar-refractivity contribution in [3.8, 4) is 11.1 Å². The van der Waals surface area contributed by atoms with Gasteiger partial charge in [-0.15, -0.1) is 0 Å². The Balaban J connectivity index is 1.12. The lowest BCUT2D eigenvalue weighted by Crippen LogP contribution is -2.64. The molecule has 2 aliphatic carbocycles. The fourth-order valence-electron chi connectivity index (χ4n) is 12.2. The van der Waals surface area contributed by atoms with Gasteiger partial charge in [0.25, 0.3) is 6.71 Å². The summed E-state index contributed by atoms with van der Waals surface area (Å²) in [5, 5.41) is 2.55. The molecule has 0 N–H and O–H groups in total. The number of anilines is 7. The highest BCUT2D eigenvalue weighted by molar-refractivity contribution is 7.00. The van der Waals surface area contributed by atoms with E-state index in [1.165, 1.54) is 128 Å². The zero-order chi connectivity index (χ0) is 39.5. The molecule has 0 bridgehead atoms. The Morgan fingerprint density at radius 3 is 2.27 bits per heavy atom. The molecule has 288 valence electrons. The van der Waals surface area contributed by atoms with Crippen LogP contribution < -0.4 is 31.1 Å². The molecule has 4 heteroatoms. The first-order chi connectivity index (χ1) is 28.9. The van der Waals surface area contributed by atoms with Gasteiger partial charge in [-0.1, -0.05) is 129 Å². The molecule has 1 fully saturated rings. The maximum Gasteiger partial charge on any atom is 0.252 e. The fourth-order valence-corrected chi connectivity index (χ4v) is 12.2. The van der Waals surface area contributed by atoms with E-state index in [-0.39, 0.29) is 17.7 Å². The lowest BCUT2D eigenvalue weighted by Gasteiger charge is -2.53. The van der Waals surface area contributed by atoms with Gasteiger partial charge in [0.1, 0.15) is 0 Å². The molecule has 59 heavy (non-hydrogen) atoms. The van der Waals surface area contributed by atoms with Crippen LogP contribution in [0.1, 0.15) is 76.3 Å². The first-order valence-corrected chi connectivity index (χ1v) is 22.1. The Bertz CT molecular complexity index is 2870. The summed E-state index contributed by atoms with van der Waals surface area (Å²) < 4.78 is 0. The summed E-state index contributed by atoms with van der Waals surface area (Å²) in [6.45, 7) is 7.59. The van der Waals surface area contributed by atoms with E-state index in [0.29, 0.717) is 0 Å². The zero-order valence-electron chi connectivity index (χ0n) is 34.5. The van der Waals surface area contributed by atoms with Crippen molar-refractivity contribution in [2.45, 2.75) is 83.1 Å². The largest absolute Gasteiger partial charge is 0.335 e. The molecular formula is C55H50BN3. The maximum absolute atomic E-state index is 2.84. The molecule has 3 aliphatic heterocycles. The third-order valence-electron chi connectivity index (χ3n) is 15.1. The van der Waals surface area contributed by atoms with Crippen molar-refractivity contribution >= 4 is 73.7 Å². The van der Waals surface area contributed by atoms with Gasteiger partial charge in [0.05, 0.1) is 11.2 Å². The number of hydrogen-bond donors (Lipinski definition) is 0. The number of allylic oxidation sites excluding steroid dienone is 2. The van der Waals surface area contributed by atoms with Crippen molar-refractivity contribution < 1.29 is 0 Å². The van der Waals surface area contributed by atoms with Gasteiger partial charge < -0.3 is 14.7 Å². The van der Waals surface area contributed by atoms with Crippen molar-refractivity contribution in [3.05, 3.63) is 168 Å². The molecule has 1 saturated carbocycles. The molecule has 0 spiro atoms. The SMILES string of the molecule is Cc1cc2c3c(c1)N1c4c(cccc4C4(C)CCCCC14C)B3c1ccc(N(C3=CCCCC3)c3ccccc3-c3cccc4ccccc34)cc1N2c1ccccc1. The van der Waals surface area contributed by atoms with Crippen LogP contribution in [0.25, 0.3) is 21.9 Å². The molecule has 0 aromatic heterocycles. The summed E-state index contributed by atoms with van der Waals surface area (Å²) in [5.74, 6) is 0. The van der Waals surface area contributed by atoms with Crippen LogP contribution in [0, 0.1) is 6.92 Å². The van der Waals surface area contributed by atoms with Gasteiger partial charge in [0.2, 0.25) is 0 Å². The predicted molar refractivity (Wildman–Crippen MR) is 251 cm³/mol. The highest BCUT2D eigenvalue weighted by atomic mass is 15.3. The molecule has 2 atom stereocenters. The van der Waals surface area contributed by atoms with E-state index in [1.807, 2.05) is 0 Å². The Morgan fingerprint density at radius 2 is 1.39 bits per heavy atom. The van der Waals surface area contributed by atoms with Crippen LogP contribution in [0.4, 0.5) is 39.8 Å². The van der Waals surface area contributed by atoms with Crippen molar-refractivity contribution in [2.75, 3.05) is 14.7 Å². The van der Waals surface area contributed by atoms with E-state index in [2.05, 4.69) is 187 Å². The van der Waals surface area contributed by atoms with E-state index in [9.17, 15) is 0 Å². The minimum absolute atomic E-state index is 0.0175. The van der Waals surface area contributed by atoms with Gasteiger partial charge in [-0.2, -0.15) is 0 Å². The smallest absolute Gasteiger partial charge is 0.252 e. The molecule has 7 aromatic carbocycles. The van der Waals surface area contributed by atoms with E-state index in [0.717, 1.165) is 12.8 Å². The lowest BCUT2D eigenvalue weighted by molar-refractivity contribution is 0.195. The van der Waals surface area contributed by atoms with Crippen LogP contribution in [0.15, 0.2) is 157 Å². The van der Waals surface area contributed by atoms with E-state index < -0.39 is 0 Å². The Kier molecular flexibility index (Phi) is 7.71. The molecule has 7 aromatic rings. The van der Waals surface area contributed by atoms with E-state index >= 15 is 0 Å². The first kappa shape index (κ1) is 35.0. The topological polar surface area (TPSA) is 9.72 Å². The van der Waals surface area contributed by atoms with E-state index in [1.54, 1.807) is 5.56 Å². The van der Waals surface area contributed by atoms with Crippen LogP contribution >= 0.6 is 0 Å². The summed E-state index contributed by atoms with van der Waals surface area (Å²) in [5.41, 5.74) is 20.3. The molecule has 3 nitrogen and oxygen atoms in total. The third kappa shape index (κ3) is 4.89. The summed E-state index contributed by atoms with van der Waals surface area (Å²) in [4.78, 5) is 8.04. The van der Waals surface area contributed by atoms with Gasteiger partial charge in [0.15, 0.2) is 0 Å². The van der Waals surface area contributed by atoms with Gasteiger partial charge in [-0.25, -0.2) is 0 Å². The van der Waals surface area contributed by atoms with Gasteiger partial charge >= 0.3 is 0 Å². The average molecular weight is 764 g/mol. The lowest BCUT2D eigenvalue weighted by atomic mass is 9.33. The van der Waals surface area contributed by atoms with Gasteiger partial charge in [-0.3, -0.25) is 0 Å². The first-order valence-electron chi connectivity index (χ1n) is 22.1. The summed E-state index contributed by atoms with van der Waals surface area (Å²) in [7, 11) is 0. The highest BCUT2D eigenvalue weighted by Crippen LogP contribution is 2.61.